The molecule has 0 spiro atoms. The van der Waals surface area contributed by atoms with Gasteiger partial charge in [0.25, 0.3) is 0 Å². The number of nitrogens with zero attached hydrogens (tertiary/aromatic N) is 1. The molecule has 20 heavy (non-hydrogen) atoms. The zero-order valence-corrected chi connectivity index (χ0v) is 12.5. The summed E-state index contributed by atoms with van der Waals surface area (Å²) in [6, 6.07) is 2.73. The molecule has 0 aliphatic heterocycles. The van der Waals surface area contributed by atoms with Crippen LogP contribution in [0.25, 0.3) is 0 Å². The number of ether oxygens (including phenoxy) is 2. The fraction of sp³-hybridized carbons (Fsp3) is 0.417. The Balaban J connectivity index is 3.58. The molecule has 0 amide bonds. The van der Waals surface area contributed by atoms with Crippen LogP contribution in [0.4, 0.5) is 0 Å². The van der Waals surface area contributed by atoms with E-state index in [1.165, 1.54) is 40.4 Å². The molecule has 0 unspecified atom stereocenters. The van der Waals surface area contributed by atoms with Gasteiger partial charge in [0.15, 0.2) is 11.5 Å². The van der Waals surface area contributed by atoms with Crippen LogP contribution in [-0.4, -0.2) is 52.1 Å². The third-order valence-electron chi connectivity index (χ3n) is 2.62. The van der Waals surface area contributed by atoms with E-state index in [4.69, 9.17) is 14.6 Å². The van der Waals surface area contributed by atoms with Crippen LogP contribution in [0.3, 0.4) is 0 Å². The Bertz CT molecular complexity index is 609. The highest BCUT2D eigenvalue weighted by Crippen LogP contribution is 2.36. The maximum absolute atomic E-state index is 12.3. The summed E-state index contributed by atoms with van der Waals surface area (Å²) in [4.78, 5) is 10.7. The van der Waals surface area contributed by atoms with Crippen molar-refractivity contribution in [3.63, 3.8) is 0 Å². The van der Waals surface area contributed by atoms with E-state index < -0.39 is 16.0 Å². The van der Waals surface area contributed by atoms with Gasteiger partial charge in [-0.05, 0) is 17.7 Å². The van der Waals surface area contributed by atoms with Crippen LogP contribution in [0.1, 0.15) is 5.56 Å². The Labute approximate surface area is 117 Å². The smallest absolute Gasteiger partial charge is 0.307 e. The molecule has 0 atom stereocenters. The van der Waals surface area contributed by atoms with Crippen molar-refractivity contribution in [3.05, 3.63) is 17.7 Å². The maximum Gasteiger partial charge on any atom is 0.307 e. The average Bonchev–Trinajstić information content (AvgIpc) is 2.36. The topological polar surface area (TPSA) is 93.1 Å². The van der Waals surface area contributed by atoms with Gasteiger partial charge < -0.3 is 14.6 Å². The van der Waals surface area contributed by atoms with E-state index in [9.17, 15) is 13.2 Å². The van der Waals surface area contributed by atoms with E-state index in [0.717, 1.165) is 4.31 Å². The molecule has 0 saturated carbocycles. The largest absolute Gasteiger partial charge is 0.493 e. The number of carbonyl (C=O) groups is 1. The van der Waals surface area contributed by atoms with E-state index in [1.54, 1.807) is 0 Å². The SMILES string of the molecule is COc1cc(CC(=O)O)cc(S(=O)(=O)N(C)C)c1OC. The number of methoxy groups -OCH3 is 2. The number of hydrogen-bond donors (Lipinski definition) is 1. The minimum Gasteiger partial charge on any atom is -0.493 e. The van der Waals surface area contributed by atoms with Crippen LogP contribution >= 0.6 is 0 Å². The summed E-state index contributed by atoms with van der Waals surface area (Å²) in [5.41, 5.74) is 0.315. The molecule has 0 aromatic heterocycles. The second-order valence-corrected chi connectivity index (χ2v) is 6.31. The zero-order chi connectivity index (χ0) is 15.5. The lowest BCUT2D eigenvalue weighted by Gasteiger charge is -2.17. The van der Waals surface area contributed by atoms with E-state index in [2.05, 4.69) is 0 Å². The Morgan fingerprint density at radius 1 is 1.25 bits per heavy atom. The number of hydrogen-bond acceptors (Lipinski definition) is 5. The van der Waals surface area contributed by atoms with E-state index in [0.29, 0.717) is 5.56 Å². The molecular weight excluding hydrogens is 286 g/mol. The highest BCUT2D eigenvalue weighted by molar-refractivity contribution is 7.89. The van der Waals surface area contributed by atoms with Crippen LogP contribution in [0, 0.1) is 0 Å². The number of sulfonamides is 1. The van der Waals surface area contributed by atoms with Gasteiger partial charge in [-0.15, -0.1) is 0 Å². The first kappa shape index (κ1) is 16.3. The van der Waals surface area contributed by atoms with Crippen LogP contribution in [0.2, 0.25) is 0 Å². The summed E-state index contributed by atoms with van der Waals surface area (Å²) in [6.07, 6.45) is -0.309. The van der Waals surface area contributed by atoms with Gasteiger partial charge in [-0.1, -0.05) is 0 Å². The third-order valence-corrected chi connectivity index (χ3v) is 4.44. The van der Waals surface area contributed by atoms with Gasteiger partial charge >= 0.3 is 5.97 Å². The van der Waals surface area contributed by atoms with E-state index in [-0.39, 0.29) is 22.8 Å². The van der Waals surface area contributed by atoms with Crippen LogP contribution in [0.5, 0.6) is 11.5 Å². The highest BCUT2D eigenvalue weighted by Gasteiger charge is 2.26. The van der Waals surface area contributed by atoms with E-state index >= 15 is 0 Å². The average molecular weight is 303 g/mol. The summed E-state index contributed by atoms with van der Waals surface area (Å²) in [5, 5.41) is 8.83. The maximum atomic E-state index is 12.3. The summed E-state index contributed by atoms with van der Waals surface area (Å²) in [7, 11) is 1.66. The fourth-order valence-corrected chi connectivity index (χ4v) is 2.76. The van der Waals surface area contributed by atoms with Gasteiger partial charge in [0.1, 0.15) is 4.90 Å². The van der Waals surface area contributed by atoms with Crippen molar-refractivity contribution >= 4 is 16.0 Å². The molecule has 0 bridgehead atoms. The minimum atomic E-state index is -3.78. The van der Waals surface area contributed by atoms with Gasteiger partial charge in [0.05, 0.1) is 20.6 Å². The lowest BCUT2D eigenvalue weighted by atomic mass is 10.1. The van der Waals surface area contributed by atoms with Crippen LogP contribution < -0.4 is 9.47 Å². The summed E-state index contributed by atoms with van der Waals surface area (Å²) in [6.45, 7) is 0. The summed E-state index contributed by atoms with van der Waals surface area (Å²) >= 11 is 0. The second-order valence-electron chi connectivity index (χ2n) is 4.19. The molecule has 1 N–H and O–H groups in total. The number of benzene rings is 1. The summed E-state index contributed by atoms with van der Waals surface area (Å²) < 4.78 is 35.7. The normalized spacial score (nSPS) is 11.4. The number of aliphatic carboxylic acids is 1. The highest BCUT2D eigenvalue weighted by atomic mass is 32.2. The van der Waals surface area contributed by atoms with Crippen molar-refractivity contribution in [1.29, 1.82) is 0 Å². The standard InChI is InChI=1S/C12H17NO6S/c1-13(2)20(16,17)10-6-8(7-11(14)15)5-9(18-3)12(10)19-4/h5-6H,7H2,1-4H3,(H,14,15). The van der Waals surface area contributed by atoms with Gasteiger partial charge in [0.2, 0.25) is 10.0 Å². The van der Waals surface area contributed by atoms with Crippen molar-refractivity contribution in [2.24, 2.45) is 0 Å². The Morgan fingerprint density at radius 2 is 1.85 bits per heavy atom. The Morgan fingerprint density at radius 3 is 2.25 bits per heavy atom. The first-order valence-electron chi connectivity index (χ1n) is 5.63. The first-order valence-corrected chi connectivity index (χ1v) is 7.07. The molecule has 0 aliphatic rings. The van der Waals surface area contributed by atoms with Crippen LogP contribution in [0.15, 0.2) is 17.0 Å². The number of rotatable bonds is 6. The van der Waals surface area contributed by atoms with Crippen molar-refractivity contribution in [2.45, 2.75) is 11.3 Å². The number of carboxylic acid groups (broad SMARTS) is 1. The zero-order valence-electron chi connectivity index (χ0n) is 11.7. The van der Waals surface area contributed by atoms with Crippen molar-refractivity contribution < 1.29 is 27.8 Å². The molecule has 0 radical (unpaired) electrons. The predicted octanol–water partition coefficient (Wildman–Crippen LogP) is 0.581. The predicted molar refractivity (Wildman–Crippen MR) is 71.8 cm³/mol. The second kappa shape index (κ2) is 6.10. The minimum absolute atomic E-state index is 0.0512. The molecule has 7 nitrogen and oxygen atoms in total. The summed E-state index contributed by atoms with van der Waals surface area (Å²) in [5.74, 6) is -0.840. The Kier molecular flexibility index (Phi) is 4.96. The lowest BCUT2D eigenvalue weighted by molar-refractivity contribution is -0.136. The molecule has 0 heterocycles. The monoisotopic (exact) mass is 303 g/mol. The van der Waals surface area contributed by atoms with Gasteiger partial charge in [-0.25, -0.2) is 12.7 Å². The van der Waals surface area contributed by atoms with Gasteiger partial charge in [-0.2, -0.15) is 0 Å². The van der Waals surface area contributed by atoms with Crippen molar-refractivity contribution in [3.8, 4) is 11.5 Å². The Hall–Kier alpha value is -1.80. The molecule has 1 aromatic carbocycles. The van der Waals surface area contributed by atoms with E-state index in [1.807, 2.05) is 0 Å². The molecule has 1 aromatic rings. The third kappa shape index (κ3) is 3.20. The van der Waals surface area contributed by atoms with Gasteiger partial charge in [0, 0.05) is 14.1 Å². The molecule has 0 fully saturated rings. The van der Waals surface area contributed by atoms with Crippen molar-refractivity contribution in [1.82, 2.24) is 4.31 Å². The fourth-order valence-electron chi connectivity index (χ4n) is 1.65. The molecular formula is C12H17NO6S. The van der Waals surface area contributed by atoms with Gasteiger partial charge in [-0.3, -0.25) is 4.79 Å². The molecule has 0 aliphatic carbocycles. The number of carboxylic acids is 1. The molecule has 1 rings (SSSR count). The first-order chi connectivity index (χ1) is 9.23. The van der Waals surface area contributed by atoms with Crippen molar-refractivity contribution in [2.75, 3.05) is 28.3 Å². The quantitative estimate of drug-likeness (QED) is 0.826. The molecule has 112 valence electrons. The lowest BCUT2D eigenvalue weighted by Crippen LogP contribution is -2.23. The molecule has 0 saturated heterocycles. The molecule has 8 heteroatoms. The van der Waals surface area contributed by atoms with Crippen LogP contribution in [-0.2, 0) is 21.2 Å².